The fourth-order valence-electron chi connectivity index (χ4n) is 5.18. The monoisotopic (exact) mass is 624 g/mol. The molecule has 2 fully saturated rings. The summed E-state index contributed by atoms with van der Waals surface area (Å²) in [6, 6.07) is 12.1. The van der Waals surface area contributed by atoms with Gasteiger partial charge in [-0.25, -0.2) is 5.84 Å². The van der Waals surface area contributed by atoms with Crippen LogP contribution in [0.5, 0.6) is 0 Å². The van der Waals surface area contributed by atoms with Crippen molar-refractivity contribution in [3.63, 3.8) is 0 Å². The number of likely N-dealkylation sites (N-methyl/N-ethyl adjacent to an activating group) is 2. The second-order valence-electron chi connectivity index (χ2n) is 11.7. The molecule has 1 amide bonds. The number of piperazine rings is 1. The third-order valence-corrected chi connectivity index (χ3v) is 7.93. The Kier molecular flexibility index (Phi) is 11.6. The Labute approximate surface area is 263 Å². The van der Waals surface area contributed by atoms with Crippen LogP contribution in [0.1, 0.15) is 45.5 Å². The number of alkyl halides is 3. The topological polar surface area (TPSA) is 107 Å². The van der Waals surface area contributed by atoms with Gasteiger partial charge in [0.05, 0.1) is 16.9 Å². The van der Waals surface area contributed by atoms with E-state index in [9.17, 15) is 18.0 Å². The van der Waals surface area contributed by atoms with E-state index in [0.717, 1.165) is 43.6 Å². The van der Waals surface area contributed by atoms with Crippen LogP contribution in [0.3, 0.4) is 0 Å². The highest BCUT2D eigenvalue weighted by Gasteiger charge is 2.31. The van der Waals surface area contributed by atoms with Crippen LogP contribution in [-0.2, 0) is 12.7 Å². The SMILES string of the molecule is CN1CCN(C)CC1.Cc1ccc(C(=O)Nc2cc(CN3CCCC3)cc(C(F)(F)F)c2)cc1N(N)/C=C(\N)c1cccnc1. The molecule has 5 rings (SSSR count). The number of carbonyl (C=O) groups excluding carboxylic acids is 1. The summed E-state index contributed by atoms with van der Waals surface area (Å²) < 4.78 is 40.7. The molecular formula is C33H43F3N8O. The van der Waals surface area contributed by atoms with Crippen molar-refractivity contribution in [1.82, 2.24) is 19.7 Å². The first kappa shape index (κ1) is 33.9. The quantitative estimate of drug-likeness (QED) is 0.255. The Bertz CT molecular complexity index is 1440. The molecule has 2 aliphatic rings. The summed E-state index contributed by atoms with van der Waals surface area (Å²) >= 11 is 0. The van der Waals surface area contributed by atoms with E-state index in [1.807, 2.05) is 6.92 Å². The zero-order chi connectivity index (χ0) is 32.6. The predicted molar refractivity (Wildman–Crippen MR) is 173 cm³/mol. The highest BCUT2D eigenvalue weighted by molar-refractivity contribution is 6.05. The summed E-state index contributed by atoms with van der Waals surface area (Å²) in [5.41, 5.74) is 8.50. The van der Waals surface area contributed by atoms with Crippen LogP contribution >= 0.6 is 0 Å². The molecule has 0 unspecified atom stereocenters. The Morgan fingerprint density at radius 3 is 2.24 bits per heavy atom. The first-order valence-electron chi connectivity index (χ1n) is 15.0. The number of nitrogens with two attached hydrogens (primary N) is 2. The average Bonchev–Trinajstić information content (AvgIpc) is 3.52. The molecule has 2 aliphatic heterocycles. The molecule has 2 aromatic carbocycles. The molecule has 0 spiro atoms. The number of hydrazine groups is 1. The lowest BCUT2D eigenvalue weighted by Gasteiger charge is -2.28. The molecule has 0 aliphatic carbocycles. The second-order valence-corrected chi connectivity index (χ2v) is 11.7. The molecule has 0 saturated carbocycles. The van der Waals surface area contributed by atoms with Crippen LogP contribution < -0.4 is 21.9 Å². The van der Waals surface area contributed by atoms with Crippen molar-refractivity contribution in [2.75, 3.05) is 63.7 Å². The van der Waals surface area contributed by atoms with Gasteiger partial charge in [0.25, 0.3) is 5.91 Å². The van der Waals surface area contributed by atoms with E-state index in [1.54, 1.807) is 48.8 Å². The van der Waals surface area contributed by atoms with Gasteiger partial charge >= 0.3 is 6.18 Å². The minimum absolute atomic E-state index is 0.0847. The fourth-order valence-corrected chi connectivity index (χ4v) is 5.18. The number of carbonyl (C=O) groups is 1. The van der Waals surface area contributed by atoms with E-state index in [2.05, 4.69) is 39.1 Å². The lowest BCUT2D eigenvalue weighted by Crippen LogP contribution is -2.42. The summed E-state index contributed by atoms with van der Waals surface area (Å²) in [5, 5.41) is 3.92. The Morgan fingerprint density at radius 1 is 0.978 bits per heavy atom. The van der Waals surface area contributed by atoms with Crippen LogP contribution in [0.4, 0.5) is 24.5 Å². The third kappa shape index (κ3) is 10.0. The summed E-state index contributed by atoms with van der Waals surface area (Å²) in [4.78, 5) is 23.9. The standard InChI is InChI=1S/C27H29F3N6O.C6H14N2/c1-18-6-7-20(13-25(18)36(32)17-24(31)21-5-4-8-33-15-21)26(37)34-23-12-19(16-35-9-2-3-10-35)11-22(14-23)27(28,29)30;1-7-3-5-8(2)6-4-7/h4-8,11-15,17H,2-3,9-10,16,31-32H2,1H3,(H,34,37);3-6H2,1-2H3/b24-17-;. The molecule has 2 saturated heterocycles. The van der Waals surface area contributed by atoms with Gasteiger partial charge in [-0.05, 0) is 101 Å². The predicted octanol–water partition coefficient (Wildman–Crippen LogP) is 4.76. The number of pyridine rings is 1. The maximum absolute atomic E-state index is 13.6. The van der Waals surface area contributed by atoms with Crippen LogP contribution in [0.15, 0.2) is 67.1 Å². The Balaban J connectivity index is 0.000000501. The van der Waals surface area contributed by atoms with Gasteiger partial charge in [0.15, 0.2) is 0 Å². The number of nitrogens with one attached hydrogen (secondary N) is 1. The van der Waals surface area contributed by atoms with Crippen LogP contribution in [-0.4, -0.2) is 79.0 Å². The van der Waals surface area contributed by atoms with Gasteiger partial charge in [-0.1, -0.05) is 6.07 Å². The van der Waals surface area contributed by atoms with Gasteiger partial charge in [-0.2, -0.15) is 13.2 Å². The lowest BCUT2D eigenvalue weighted by atomic mass is 10.1. The van der Waals surface area contributed by atoms with Crippen LogP contribution in [0, 0.1) is 6.92 Å². The number of hydrogen-bond donors (Lipinski definition) is 3. The molecule has 3 aromatic rings. The maximum Gasteiger partial charge on any atom is 0.416 e. The fraction of sp³-hybridized carbons (Fsp3) is 0.394. The Morgan fingerprint density at radius 2 is 1.64 bits per heavy atom. The van der Waals surface area contributed by atoms with Gasteiger partial charge in [-0.15, -0.1) is 0 Å². The number of halogens is 3. The largest absolute Gasteiger partial charge is 0.416 e. The van der Waals surface area contributed by atoms with Gasteiger partial charge in [-0.3, -0.25) is 19.7 Å². The Hall–Kier alpha value is -3.97. The van der Waals surface area contributed by atoms with E-state index in [4.69, 9.17) is 11.6 Å². The number of amides is 1. The summed E-state index contributed by atoms with van der Waals surface area (Å²) in [5.74, 6) is 5.67. The van der Waals surface area contributed by atoms with Crippen molar-refractivity contribution in [2.24, 2.45) is 11.6 Å². The van der Waals surface area contributed by atoms with Crippen LogP contribution in [0.25, 0.3) is 5.70 Å². The molecule has 0 atom stereocenters. The summed E-state index contributed by atoms with van der Waals surface area (Å²) in [7, 11) is 4.35. The molecule has 0 radical (unpaired) electrons. The number of likely N-dealkylation sites (tertiary alicyclic amines) is 1. The second kappa shape index (κ2) is 15.3. The zero-order valence-electron chi connectivity index (χ0n) is 26.1. The number of benzene rings is 2. The zero-order valence-corrected chi connectivity index (χ0v) is 26.1. The number of aromatic nitrogens is 1. The molecule has 3 heterocycles. The summed E-state index contributed by atoms with van der Waals surface area (Å²) in [6.07, 6.45) is 2.27. The van der Waals surface area contributed by atoms with Crippen molar-refractivity contribution in [3.05, 3.63) is 94.9 Å². The average molecular weight is 625 g/mol. The molecule has 242 valence electrons. The number of aryl methyl sites for hydroxylation is 1. The van der Waals surface area contributed by atoms with Crippen molar-refractivity contribution in [3.8, 4) is 0 Å². The van der Waals surface area contributed by atoms with Crippen molar-refractivity contribution >= 4 is 23.0 Å². The molecule has 9 nitrogen and oxygen atoms in total. The minimum atomic E-state index is -4.53. The smallest absolute Gasteiger partial charge is 0.397 e. The highest BCUT2D eigenvalue weighted by Crippen LogP contribution is 2.33. The van der Waals surface area contributed by atoms with Crippen molar-refractivity contribution in [1.29, 1.82) is 0 Å². The van der Waals surface area contributed by atoms with Crippen LogP contribution in [0.2, 0.25) is 0 Å². The molecule has 5 N–H and O–H groups in total. The van der Waals surface area contributed by atoms with E-state index in [-0.39, 0.29) is 11.3 Å². The van der Waals surface area contributed by atoms with Gasteiger partial charge in [0.1, 0.15) is 0 Å². The van der Waals surface area contributed by atoms with Crippen molar-refractivity contribution < 1.29 is 18.0 Å². The number of hydrogen-bond acceptors (Lipinski definition) is 8. The third-order valence-electron chi connectivity index (χ3n) is 7.93. The first-order valence-corrected chi connectivity index (χ1v) is 15.0. The van der Waals surface area contributed by atoms with Gasteiger partial charge in [0, 0.05) is 68.1 Å². The maximum atomic E-state index is 13.6. The number of nitrogens with zero attached hydrogens (tertiary/aromatic N) is 5. The van der Waals surface area contributed by atoms with E-state index < -0.39 is 17.6 Å². The highest BCUT2D eigenvalue weighted by atomic mass is 19.4. The molecule has 12 heteroatoms. The molecular weight excluding hydrogens is 581 g/mol. The number of rotatable bonds is 7. The molecule has 0 bridgehead atoms. The number of anilines is 2. The van der Waals surface area contributed by atoms with E-state index in [0.29, 0.717) is 29.1 Å². The molecule has 1 aromatic heterocycles. The minimum Gasteiger partial charge on any atom is -0.397 e. The first-order chi connectivity index (χ1) is 21.4. The molecule has 45 heavy (non-hydrogen) atoms. The van der Waals surface area contributed by atoms with E-state index >= 15 is 0 Å². The van der Waals surface area contributed by atoms with Gasteiger partial charge in [0.2, 0.25) is 0 Å². The summed E-state index contributed by atoms with van der Waals surface area (Å²) in [6.45, 7) is 8.84. The van der Waals surface area contributed by atoms with Gasteiger partial charge < -0.3 is 20.9 Å². The van der Waals surface area contributed by atoms with E-state index in [1.165, 1.54) is 37.4 Å². The lowest BCUT2D eigenvalue weighted by molar-refractivity contribution is -0.137. The normalized spacial score (nSPS) is 16.6. The van der Waals surface area contributed by atoms with Crippen molar-refractivity contribution in [2.45, 2.75) is 32.5 Å².